The van der Waals surface area contributed by atoms with Gasteiger partial charge < -0.3 is 15.4 Å². The van der Waals surface area contributed by atoms with E-state index in [1.54, 1.807) is 18.4 Å². The fourth-order valence-corrected chi connectivity index (χ4v) is 3.31. The normalized spacial score (nSPS) is 21.4. The van der Waals surface area contributed by atoms with E-state index in [2.05, 4.69) is 16.7 Å². The molecule has 1 aromatic heterocycles. The molecule has 3 rings (SSSR count). The lowest BCUT2D eigenvalue weighted by atomic mass is 10.1. The van der Waals surface area contributed by atoms with Crippen LogP contribution in [0.5, 0.6) is 0 Å². The largest absolute Gasteiger partial charge is 0.380 e. The number of anilines is 1. The fraction of sp³-hybridized carbons (Fsp3) is 0.312. The molecule has 2 N–H and O–H groups in total. The molecule has 1 amide bonds. The standard InChI is InChI=1S/C16H18N2O2S/c1-20-11-9-14(17-10-11)16(19)18-13-6-3-2-5-12(13)15-7-4-8-21-15/h2-8,11,14,17H,9-10H2,1H3,(H,18,19). The molecular weight excluding hydrogens is 284 g/mol. The van der Waals surface area contributed by atoms with E-state index >= 15 is 0 Å². The number of hydrogen-bond donors (Lipinski definition) is 2. The van der Waals surface area contributed by atoms with Crippen LogP contribution in [0.1, 0.15) is 6.42 Å². The molecule has 1 saturated heterocycles. The Hall–Kier alpha value is -1.69. The molecule has 5 heteroatoms. The summed E-state index contributed by atoms with van der Waals surface area (Å²) >= 11 is 1.67. The van der Waals surface area contributed by atoms with Gasteiger partial charge in [0.05, 0.1) is 12.1 Å². The Bertz CT molecular complexity index is 612. The van der Waals surface area contributed by atoms with Crippen molar-refractivity contribution in [2.75, 3.05) is 19.0 Å². The quantitative estimate of drug-likeness (QED) is 0.913. The summed E-state index contributed by atoms with van der Waals surface area (Å²) < 4.78 is 5.28. The molecule has 0 saturated carbocycles. The third-order valence-corrected chi connectivity index (χ3v) is 4.62. The number of methoxy groups -OCH3 is 1. The average molecular weight is 302 g/mol. The zero-order valence-corrected chi connectivity index (χ0v) is 12.7. The number of rotatable bonds is 4. The van der Waals surface area contributed by atoms with Crippen LogP contribution in [0.4, 0.5) is 5.69 Å². The summed E-state index contributed by atoms with van der Waals surface area (Å²) in [5.74, 6) is -0.00134. The molecule has 0 radical (unpaired) electrons. The number of benzene rings is 1. The molecule has 0 bridgehead atoms. The second-order valence-corrected chi connectivity index (χ2v) is 6.01. The van der Waals surface area contributed by atoms with Crippen LogP contribution < -0.4 is 10.6 Å². The van der Waals surface area contributed by atoms with Gasteiger partial charge in [0.25, 0.3) is 0 Å². The maximum atomic E-state index is 12.4. The van der Waals surface area contributed by atoms with Crippen molar-refractivity contribution in [2.45, 2.75) is 18.6 Å². The van der Waals surface area contributed by atoms with Crippen LogP contribution in [-0.4, -0.2) is 31.7 Å². The molecule has 2 aromatic rings. The van der Waals surface area contributed by atoms with Crippen molar-refractivity contribution in [3.8, 4) is 10.4 Å². The van der Waals surface area contributed by atoms with Crippen LogP contribution >= 0.6 is 11.3 Å². The van der Waals surface area contributed by atoms with Crippen LogP contribution in [0.25, 0.3) is 10.4 Å². The van der Waals surface area contributed by atoms with Crippen LogP contribution in [0.3, 0.4) is 0 Å². The van der Waals surface area contributed by atoms with E-state index in [-0.39, 0.29) is 18.1 Å². The molecule has 4 nitrogen and oxygen atoms in total. The van der Waals surface area contributed by atoms with Crippen molar-refractivity contribution in [1.82, 2.24) is 5.32 Å². The van der Waals surface area contributed by atoms with E-state index in [0.29, 0.717) is 6.42 Å². The van der Waals surface area contributed by atoms with Gasteiger partial charge in [-0.25, -0.2) is 0 Å². The topological polar surface area (TPSA) is 50.4 Å². The minimum absolute atomic E-state index is 0.00134. The number of carbonyl (C=O) groups excluding carboxylic acids is 1. The summed E-state index contributed by atoms with van der Waals surface area (Å²) in [4.78, 5) is 13.5. The smallest absolute Gasteiger partial charge is 0.241 e. The van der Waals surface area contributed by atoms with Crippen molar-refractivity contribution in [1.29, 1.82) is 0 Å². The number of nitrogens with one attached hydrogen (secondary N) is 2. The molecule has 2 heterocycles. The van der Waals surface area contributed by atoms with Gasteiger partial charge in [0, 0.05) is 29.8 Å². The first-order valence-electron chi connectivity index (χ1n) is 6.98. The Kier molecular flexibility index (Phi) is 4.34. The molecule has 0 spiro atoms. The summed E-state index contributed by atoms with van der Waals surface area (Å²) in [6.45, 7) is 0.723. The van der Waals surface area contributed by atoms with Crippen LogP contribution in [0, 0.1) is 0 Å². The Morgan fingerprint density at radius 3 is 2.90 bits per heavy atom. The predicted molar refractivity (Wildman–Crippen MR) is 85.6 cm³/mol. The Balaban J connectivity index is 1.75. The lowest BCUT2D eigenvalue weighted by Crippen LogP contribution is -2.35. The molecule has 0 aliphatic carbocycles. The first-order valence-corrected chi connectivity index (χ1v) is 7.86. The lowest BCUT2D eigenvalue weighted by Gasteiger charge is -2.14. The van der Waals surface area contributed by atoms with E-state index in [1.165, 1.54) is 0 Å². The molecular formula is C16H18N2O2S. The Morgan fingerprint density at radius 2 is 2.19 bits per heavy atom. The minimum Gasteiger partial charge on any atom is -0.380 e. The maximum Gasteiger partial charge on any atom is 0.241 e. The summed E-state index contributed by atoms with van der Waals surface area (Å²) in [7, 11) is 1.68. The van der Waals surface area contributed by atoms with Crippen LogP contribution in [0.15, 0.2) is 41.8 Å². The highest BCUT2D eigenvalue weighted by atomic mass is 32.1. The summed E-state index contributed by atoms with van der Waals surface area (Å²) in [6, 6.07) is 11.8. The second kappa shape index (κ2) is 6.39. The van der Waals surface area contributed by atoms with Crippen molar-refractivity contribution < 1.29 is 9.53 Å². The SMILES string of the molecule is COC1CNC(C(=O)Nc2ccccc2-c2cccs2)C1. The van der Waals surface area contributed by atoms with Gasteiger partial charge >= 0.3 is 0 Å². The molecule has 1 aliphatic rings. The van der Waals surface area contributed by atoms with E-state index in [1.807, 2.05) is 35.7 Å². The monoisotopic (exact) mass is 302 g/mol. The Morgan fingerprint density at radius 1 is 1.33 bits per heavy atom. The highest BCUT2D eigenvalue weighted by Gasteiger charge is 2.29. The van der Waals surface area contributed by atoms with E-state index < -0.39 is 0 Å². The number of thiophene rings is 1. The molecule has 21 heavy (non-hydrogen) atoms. The van der Waals surface area contributed by atoms with Crippen LogP contribution in [-0.2, 0) is 9.53 Å². The van der Waals surface area contributed by atoms with Gasteiger partial charge in [-0.05, 0) is 23.9 Å². The van der Waals surface area contributed by atoms with Crippen molar-refractivity contribution in [3.63, 3.8) is 0 Å². The molecule has 1 aliphatic heterocycles. The molecule has 110 valence electrons. The highest BCUT2D eigenvalue weighted by Crippen LogP contribution is 2.31. The number of ether oxygens (including phenoxy) is 1. The van der Waals surface area contributed by atoms with Crippen LogP contribution in [0.2, 0.25) is 0 Å². The van der Waals surface area contributed by atoms with E-state index in [9.17, 15) is 4.79 Å². The third kappa shape index (κ3) is 3.15. The van der Waals surface area contributed by atoms with Gasteiger partial charge in [-0.2, -0.15) is 0 Å². The maximum absolute atomic E-state index is 12.4. The highest BCUT2D eigenvalue weighted by molar-refractivity contribution is 7.13. The zero-order valence-electron chi connectivity index (χ0n) is 11.8. The van der Waals surface area contributed by atoms with Gasteiger partial charge in [-0.15, -0.1) is 11.3 Å². The average Bonchev–Trinajstić information content (AvgIpc) is 3.19. The number of hydrogen-bond acceptors (Lipinski definition) is 4. The number of para-hydroxylation sites is 1. The lowest BCUT2D eigenvalue weighted by molar-refractivity contribution is -0.118. The summed E-state index contributed by atoms with van der Waals surface area (Å²) in [5, 5.41) is 8.27. The number of amides is 1. The first-order chi connectivity index (χ1) is 10.3. The third-order valence-electron chi connectivity index (χ3n) is 3.71. The van der Waals surface area contributed by atoms with Gasteiger partial charge in [-0.1, -0.05) is 24.3 Å². The van der Waals surface area contributed by atoms with Gasteiger partial charge in [0.1, 0.15) is 0 Å². The fourth-order valence-electron chi connectivity index (χ4n) is 2.54. The van der Waals surface area contributed by atoms with Gasteiger partial charge in [0.15, 0.2) is 0 Å². The van der Waals surface area contributed by atoms with Crippen molar-refractivity contribution in [3.05, 3.63) is 41.8 Å². The second-order valence-electron chi connectivity index (χ2n) is 5.07. The summed E-state index contributed by atoms with van der Waals surface area (Å²) in [6.07, 6.45) is 0.831. The van der Waals surface area contributed by atoms with Crippen molar-refractivity contribution in [2.24, 2.45) is 0 Å². The van der Waals surface area contributed by atoms with Crippen molar-refractivity contribution >= 4 is 22.9 Å². The van der Waals surface area contributed by atoms with E-state index in [0.717, 1.165) is 22.7 Å². The number of carbonyl (C=O) groups is 1. The van der Waals surface area contributed by atoms with E-state index in [4.69, 9.17) is 4.74 Å². The molecule has 1 aromatic carbocycles. The zero-order chi connectivity index (χ0) is 14.7. The molecule has 1 fully saturated rings. The molecule has 2 atom stereocenters. The Labute approximate surface area is 128 Å². The first kappa shape index (κ1) is 14.3. The molecule has 2 unspecified atom stereocenters. The van der Waals surface area contributed by atoms with Gasteiger partial charge in [0.2, 0.25) is 5.91 Å². The summed E-state index contributed by atoms with van der Waals surface area (Å²) in [5.41, 5.74) is 1.91. The van der Waals surface area contributed by atoms with Gasteiger partial charge in [-0.3, -0.25) is 4.79 Å². The predicted octanol–water partition coefficient (Wildman–Crippen LogP) is 2.73. The minimum atomic E-state index is -0.189.